The van der Waals surface area contributed by atoms with Crippen molar-refractivity contribution in [3.63, 3.8) is 0 Å². The number of likely N-dealkylation sites (tertiary alicyclic amines) is 1. The summed E-state index contributed by atoms with van der Waals surface area (Å²) in [4.78, 5) is 38.1. The maximum atomic E-state index is 12.7. The molecule has 0 unspecified atom stereocenters. The lowest BCUT2D eigenvalue weighted by atomic mass is 10.0. The molecule has 7 heteroatoms. The molecule has 3 rings (SSSR count). The predicted molar refractivity (Wildman–Crippen MR) is 103 cm³/mol. The van der Waals surface area contributed by atoms with Crippen LogP contribution in [0.1, 0.15) is 55.8 Å². The molecule has 1 saturated carbocycles. The molecule has 2 fully saturated rings. The molecule has 28 heavy (non-hydrogen) atoms. The average molecular weight is 388 g/mol. The second-order valence-electron chi connectivity index (χ2n) is 7.37. The second-order valence-corrected chi connectivity index (χ2v) is 7.37. The maximum absolute atomic E-state index is 12.7. The smallest absolute Gasteiger partial charge is 0.434 e. The van der Waals surface area contributed by atoms with Crippen LogP contribution in [0.4, 0.5) is 4.79 Å². The molecule has 1 heterocycles. The van der Waals surface area contributed by atoms with E-state index >= 15 is 0 Å². The molecule has 1 saturated heterocycles. The molecule has 0 atom stereocenters. The Bertz CT molecular complexity index is 689. The number of nitrogens with zero attached hydrogens (tertiary/aromatic N) is 1. The van der Waals surface area contributed by atoms with Gasteiger partial charge in [-0.05, 0) is 56.9 Å². The SMILES string of the molecule is CCOC(=O)Oc1ccc(C(=O)N2CCC(NC(=O)C3CCCC3)CC2)cc1. The molecule has 0 aromatic heterocycles. The van der Waals surface area contributed by atoms with Crippen molar-refractivity contribution in [2.45, 2.75) is 51.5 Å². The van der Waals surface area contributed by atoms with E-state index in [2.05, 4.69) is 5.32 Å². The number of ether oxygens (including phenoxy) is 2. The first-order valence-corrected chi connectivity index (χ1v) is 10.1. The van der Waals surface area contributed by atoms with Crippen molar-refractivity contribution in [2.24, 2.45) is 5.92 Å². The summed E-state index contributed by atoms with van der Waals surface area (Å²) < 4.78 is 9.72. The Kier molecular flexibility index (Phi) is 6.90. The van der Waals surface area contributed by atoms with E-state index in [4.69, 9.17) is 9.47 Å². The number of nitrogens with one attached hydrogen (secondary N) is 1. The molecule has 2 amide bonds. The van der Waals surface area contributed by atoms with Crippen LogP contribution >= 0.6 is 0 Å². The molecule has 1 aromatic rings. The molecule has 0 bridgehead atoms. The van der Waals surface area contributed by atoms with Crippen LogP contribution in [0.25, 0.3) is 0 Å². The third-order valence-electron chi connectivity index (χ3n) is 5.42. The fourth-order valence-corrected chi connectivity index (χ4v) is 3.83. The monoisotopic (exact) mass is 388 g/mol. The van der Waals surface area contributed by atoms with Gasteiger partial charge in [0.15, 0.2) is 0 Å². The Balaban J connectivity index is 1.46. The first-order valence-electron chi connectivity index (χ1n) is 10.1. The summed E-state index contributed by atoms with van der Waals surface area (Å²) in [5.74, 6) is 0.640. The van der Waals surface area contributed by atoms with E-state index in [0.29, 0.717) is 24.4 Å². The fourth-order valence-electron chi connectivity index (χ4n) is 3.83. The van der Waals surface area contributed by atoms with Crippen LogP contribution in [0.2, 0.25) is 0 Å². The van der Waals surface area contributed by atoms with E-state index in [1.54, 1.807) is 36.1 Å². The van der Waals surface area contributed by atoms with Gasteiger partial charge in [-0.3, -0.25) is 9.59 Å². The molecule has 1 aromatic carbocycles. The summed E-state index contributed by atoms with van der Waals surface area (Å²) >= 11 is 0. The Morgan fingerprint density at radius 1 is 1.04 bits per heavy atom. The maximum Gasteiger partial charge on any atom is 0.513 e. The summed E-state index contributed by atoms with van der Waals surface area (Å²) in [5.41, 5.74) is 0.546. The van der Waals surface area contributed by atoms with Crippen LogP contribution in [-0.4, -0.2) is 48.6 Å². The van der Waals surface area contributed by atoms with Gasteiger partial charge in [0.05, 0.1) is 6.61 Å². The highest BCUT2D eigenvalue weighted by Gasteiger charge is 2.28. The lowest BCUT2D eigenvalue weighted by Crippen LogP contribution is -2.47. The van der Waals surface area contributed by atoms with E-state index in [1.165, 1.54) is 0 Å². The van der Waals surface area contributed by atoms with E-state index in [9.17, 15) is 14.4 Å². The quantitative estimate of drug-likeness (QED) is 0.619. The lowest BCUT2D eigenvalue weighted by Gasteiger charge is -2.33. The van der Waals surface area contributed by atoms with Gasteiger partial charge in [-0.25, -0.2) is 4.79 Å². The van der Waals surface area contributed by atoms with Crippen molar-refractivity contribution < 1.29 is 23.9 Å². The van der Waals surface area contributed by atoms with Crippen LogP contribution in [0, 0.1) is 5.92 Å². The first-order chi connectivity index (χ1) is 13.6. The third-order valence-corrected chi connectivity index (χ3v) is 5.42. The van der Waals surface area contributed by atoms with E-state index in [1.807, 2.05) is 0 Å². The van der Waals surface area contributed by atoms with E-state index in [-0.39, 0.29) is 30.4 Å². The zero-order chi connectivity index (χ0) is 19.9. The summed E-state index contributed by atoms with van der Waals surface area (Å²) in [6, 6.07) is 6.60. The number of hydrogen-bond acceptors (Lipinski definition) is 5. The molecule has 1 aliphatic carbocycles. The average Bonchev–Trinajstić information content (AvgIpc) is 3.24. The van der Waals surface area contributed by atoms with Gasteiger partial charge in [0.2, 0.25) is 5.91 Å². The number of rotatable bonds is 5. The molecule has 0 spiro atoms. The first kappa shape index (κ1) is 20.2. The van der Waals surface area contributed by atoms with Crippen molar-refractivity contribution >= 4 is 18.0 Å². The zero-order valence-corrected chi connectivity index (χ0v) is 16.3. The van der Waals surface area contributed by atoms with Gasteiger partial charge in [-0.1, -0.05) is 12.8 Å². The fraction of sp³-hybridized carbons (Fsp3) is 0.571. The highest BCUT2D eigenvalue weighted by molar-refractivity contribution is 5.94. The standard InChI is InChI=1S/C21H28N2O5/c1-2-27-21(26)28-18-9-7-16(8-10-18)20(25)23-13-11-17(12-14-23)22-19(24)15-5-3-4-6-15/h7-10,15,17H,2-6,11-14H2,1H3,(H,22,24). The van der Waals surface area contributed by atoms with Crippen molar-refractivity contribution in [1.82, 2.24) is 10.2 Å². The summed E-state index contributed by atoms with van der Waals surface area (Å²) in [6.45, 7) is 3.18. The normalized spacial score (nSPS) is 18.0. The molecular weight excluding hydrogens is 360 g/mol. The van der Waals surface area contributed by atoms with Gasteiger partial charge in [0.25, 0.3) is 5.91 Å². The van der Waals surface area contributed by atoms with Gasteiger partial charge in [0.1, 0.15) is 5.75 Å². The van der Waals surface area contributed by atoms with Crippen molar-refractivity contribution in [1.29, 1.82) is 0 Å². The van der Waals surface area contributed by atoms with Crippen molar-refractivity contribution in [2.75, 3.05) is 19.7 Å². The minimum absolute atomic E-state index is 0.0525. The molecule has 2 aliphatic rings. The Hall–Kier alpha value is -2.57. The Labute approximate surface area is 165 Å². The van der Waals surface area contributed by atoms with Gasteiger partial charge in [-0.2, -0.15) is 0 Å². The zero-order valence-electron chi connectivity index (χ0n) is 16.3. The lowest BCUT2D eigenvalue weighted by molar-refractivity contribution is -0.125. The second kappa shape index (κ2) is 9.57. The number of carbonyl (C=O) groups is 3. The molecular formula is C21H28N2O5. The topological polar surface area (TPSA) is 84.9 Å². The number of carbonyl (C=O) groups excluding carboxylic acids is 3. The summed E-state index contributed by atoms with van der Waals surface area (Å²) in [6.07, 6.45) is 5.08. The van der Waals surface area contributed by atoms with Crippen molar-refractivity contribution in [3.05, 3.63) is 29.8 Å². The third kappa shape index (κ3) is 5.24. The van der Waals surface area contributed by atoms with Crippen LogP contribution in [-0.2, 0) is 9.53 Å². The van der Waals surface area contributed by atoms with Crippen LogP contribution in [0.5, 0.6) is 5.75 Å². The van der Waals surface area contributed by atoms with E-state index in [0.717, 1.165) is 38.5 Å². The minimum atomic E-state index is -0.761. The van der Waals surface area contributed by atoms with Gasteiger partial charge >= 0.3 is 6.16 Å². The van der Waals surface area contributed by atoms with E-state index < -0.39 is 6.16 Å². The molecule has 1 aliphatic heterocycles. The molecule has 7 nitrogen and oxygen atoms in total. The minimum Gasteiger partial charge on any atom is -0.434 e. The number of piperidine rings is 1. The Morgan fingerprint density at radius 3 is 2.29 bits per heavy atom. The molecule has 1 N–H and O–H groups in total. The highest BCUT2D eigenvalue weighted by Crippen LogP contribution is 2.25. The van der Waals surface area contributed by atoms with Crippen LogP contribution < -0.4 is 10.1 Å². The van der Waals surface area contributed by atoms with Crippen LogP contribution in [0.3, 0.4) is 0 Å². The number of hydrogen-bond donors (Lipinski definition) is 1. The highest BCUT2D eigenvalue weighted by atomic mass is 16.7. The predicted octanol–water partition coefficient (Wildman–Crippen LogP) is 3.13. The van der Waals surface area contributed by atoms with Crippen molar-refractivity contribution in [3.8, 4) is 5.75 Å². The molecule has 0 radical (unpaired) electrons. The molecule has 152 valence electrons. The van der Waals surface area contributed by atoms with Gasteiger partial charge in [0, 0.05) is 30.6 Å². The summed E-state index contributed by atoms with van der Waals surface area (Å²) in [7, 11) is 0. The number of benzene rings is 1. The largest absolute Gasteiger partial charge is 0.513 e. The Morgan fingerprint density at radius 2 is 1.68 bits per heavy atom. The number of amides is 2. The van der Waals surface area contributed by atoms with Crippen LogP contribution in [0.15, 0.2) is 24.3 Å². The van der Waals surface area contributed by atoms with Gasteiger partial charge in [-0.15, -0.1) is 0 Å². The van der Waals surface area contributed by atoms with Gasteiger partial charge < -0.3 is 19.7 Å². The summed E-state index contributed by atoms with van der Waals surface area (Å²) in [5, 5.41) is 3.16.